The number of benzene rings is 2. The molecule has 1 aliphatic rings. The lowest BCUT2D eigenvalue weighted by molar-refractivity contribution is -0.0511. The number of nitrogens with one attached hydrogen (secondary N) is 1. The molecule has 11 heteroatoms. The standard InChI is InChI=1S/C19H20F2N2O6S/c1-27-16-6-5-14(12-17(16)29-19(20)21)22-18(24)13-3-2-4-15(11-13)30(25,26)23-7-9-28-10-8-23/h2-6,11-12,19H,7-10H2,1H3,(H,22,24). The summed E-state index contributed by atoms with van der Waals surface area (Å²) in [4.78, 5) is 12.6. The smallest absolute Gasteiger partial charge is 0.387 e. The molecule has 8 nitrogen and oxygen atoms in total. The van der Waals surface area contributed by atoms with Gasteiger partial charge in [0.1, 0.15) is 0 Å². The van der Waals surface area contributed by atoms with Crippen molar-refractivity contribution in [1.82, 2.24) is 4.31 Å². The highest BCUT2D eigenvalue weighted by molar-refractivity contribution is 7.89. The first-order chi connectivity index (χ1) is 14.3. The maximum atomic E-state index is 12.8. The molecular formula is C19H20F2N2O6S. The average molecular weight is 442 g/mol. The lowest BCUT2D eigenvalue weighted by Gasteiger charge is -2.26. The number of hydrogen-bond acceptors (Lipinski definition) is 6. The predicted molar refractivity (Wildman–Crippen MR) is 104 cm³/mol. The van der Waals surface area contributed by atoms with Crippen LogP contribution < -0.4 is 14.8 Å². The Labute approximate surface area is 172 Å². The molecule has 0 aromatic heterocycles. The first-order valence-electron chi connectivity index (χ1n) is 8.93. The molecule has 1 fully saturated rings. The second kappa shape index (κ2) is 9.37. The van der Waals surface area contributed by atoms with Crippen LogP contribution in [0.2, 0.25) is 0 Å². The van der Waals surface area contributed by atoms with Crippen molar-refractivity contribution in [2.24, 2.45) is 0 Å². The Morgan fingerprint density at radius 2 is 1.87 bits per heavy atom. The Morgan fingerprint density at radius 1 is 1.13 bits per heavy atom. The Kier molecular flexibility index (Phi) is 6.85. The van der Waals surface area contributed by atoms with Crippen LogP contribution in [-0.4, -0.2) is 58.7 Å². The van der Waals surface area contributed by atoms with Crippen LogP contribution in [0.25, 0.3) is 0 Å². The van der Waals surface area contributed by atoms with Crippen molar-refractivity contribution in [3.8, 4) is 11.5 Å². The van der Waals surface area contributed by atoms with E-state index in [1.807, 2.05) is 0 Å². The maximum absolute atomic E-state index is 12.8. The van der Waals surface area contributed by atoms with E-state index in [4.69, 9.17) is 9.47 Å². The largest absolute Gasteiger partial charge is 0.493 e. The molecule has 1 N–H and O–H groups in total. The van der Waals surface area contributed by atoms with Gasteiger partial charge in [0, 0.05) is 30.4 Å². The third kappa shape index (κ3) is 5.04. The van der Waals surface area contributed by atoms with Gasteiger partial charge in [0.15, 0.2) is 11.5 Å². The van der Waals surface area contributed by atoms with Gasteiger partial charge in [-0.25, -0.2) is 8.42 Å². The van der Waals surface area contributed by atoms with Crippen molar-refractivity contribution < 1.29 is 36.2 Å². The van der Waals surface area contributed by atoms with Crippen molar-refractivity contribution in [3.63, 3.8) is 0 Å². The van der Waals surface area contributed by atoms with Gasteiger partial charge >= 0.3 is 6.61 Å². The van der Waals surface area contributed by atoms with E-state index in [-0.39, 0.29) is 40.7 Å². The number of anilines is 1. The van der Waals surface area contributed by atoms with Gasteiger partial charge in [0.25, 0.3) is 5.91 Å². The molecule has 0 radical (unpaired) electrons. The summed E-state index contributed by atoms with van der Waals surface area (Å²) in [6.45, 7) is -1.98. The van der Waals surface area contributed by atoms with Crippen molar-refractivity contribution in [3.05, 3.63) is 48.0 Å². The van der Waals surface area contributed by atoms with Gasteiger partial charge < -0.3 is 19.5 Å². The van der Waals surface area contributed by atoms with E-state index < -0.39 is 22.5 Å². The van der Waals surface area contributed by atoms with Crippen LogP contribution in [0.4, 0.5) is 14.5 Å². The molecule has 30 heavy (non-hydrogen) atoms. The quantitative estimate of drug-likeness (QED) is 0.709. The number of sulfonamides is 1. The van der Waals surface area contributed by atoms with E-state index in [9.17, 15) is 22.0 Å². The molecule has 2 aromatic rings. The van der Waals surface area contributed by atoms with Gasteiger partial charge in [-0.3, -0.25) is 4.79 Å². The van der Waals surface area contributed by atoms with E-state index >= 15 is 0 Å². The first-order valence-corrected chi connectivity index (χ1v) is 10.4. The number of morpholine rings is 1. The number of rotatable bonds is 7. The zero-order valence-corrected chi connectivity index (χ0v) is 16.8. The molecule has 1 amide bonds. The second-order valence-electron chi connectivity index (χ2n) is 6.24. The van der Waals surface area contributed by atoms with E-state index in [0.29, 0.717) is 13.2 Å². The van der Waals surface area contributed by atoms with Crippen LogP contribution in [0.15, 0.2) is 47.4 Å². The van der Waals surface area contributed by atoms with E-state index in [0.717, 1.165) is 0 Å². The summed E-state index contributed by atoms with van der Waals surface area (Å²) in [5, 5.41) is 2.53. The van der Waals surface area contributed by atoms with Crippen molar-refractivity contribution in [2.75, 3.05) is 38.7 Å². The average Bonchev–Trinajstić information content (AvgIpc) is 2.74. The van der Waals surface area contributed by atoms with Crippen LogP contribution in [0.1, 0.15) is 10.4 Å². The van der Waals surface area contributed by atoms with Gasteiger partial charge in [0.2, 0.25) is 10.0 Å². The second-order valence-corrected chi connectivity index (χ2v) is 8.18. The topological polar surface area (TPSA) is 94.2 Å². The summed E-state index contributed by atoms with van der Waals surface area (Å²) in [5.41, 5.74) is 0.273. The molecule has 1 heterocycles. The molecule has 1 saturated heterocycles. The normalized spacial score (nSPS) is 15.1. The Balaban J connectivity index is 1.80. The van der Waals surface area contributed by atoms with Crippen molar-refractivity contribution in [2.45, 2.75) is 11.5 Å². The van der Waals surface area contributed by atoms with E-state index in [1.54, 1.807) is 0 Å². The fourth-order valence-corrected chi connectivity index (χ4v) is 4.33. The fourth-order valence-electron chi connectivity index (χ4n) is 2.88. The minimum absolute atomic E-state index is 0.0199. The Bertz CT molecular complexity index is 1010. The molecule has 0 unspecified atom stereocenters. The minimum Gasteiger partial charge on any atom is -0.493 e. The number of carbonyl (C=O) groups excluding carboxylic acids is 1. The molecule has 0 saturated carbocycles. The highest BCUT2D eigenvalue weighted by atomic mass is 32.2. The first kappa shape index (κ1) is 21.9. The number of nitrogens with zero attached hydrogens (tertiary/aromatic N) is 1. The van der Waals surface area contributed by atoms with Crippen molar-refractivity contribution in [1.29, 1.82) is 0 Å². The molecule has 0 aliphatic carbocycles. The summed E-state index contributed by atoms with van der Waals surface area (Å²) in [7, 11) is -2.47. The summed E-state index contributed by atoms with van der Waals surface area (Å²) in [5.74, 6) is -0.775. The van der Waals surface area contributed by atoms with Gasteiger partial charge in [-0.2, -0.15) is 13.1 Å². The monoisotopic (exact) mass is 442 g/mol. The van der Waals surface area contributed by atoms with Gasteiger partial charge in [0.05, 0.1) is 25.2 Å². The highest BCUT2D eigenvalue weighted by Gasteiger charge is 2.27. The van der Waals surface area contributed by atoms with Crippen LogP contribution >= 0.6 is 0 Å². The van der Waals surface area contributed by atoms with Crippen LogP contribution in [0, 0.1) is 0 Å². The predicted octanol–water partition coefficient (Wildman–Crippen LogP) is 2.57. The highest BCUT2D eigenvalue weighted by Crippen LogP contribution is 2.31. The minimum atomic E-state index is -3.77. The third-order valence-electron chi connectivity index (χ3n) is 4.34. The molecule has 2 aromatic carbocycles. The van der Waals surface area contributed by atoms with Gasteiger partial charge in [-0.1, -0.05) is 6.07 Å². The number of alkyl halides is 2. The Hall–Kier alpha value is -2.76. The van der Waals surface area contributed by atoms with Crippen molar-refractivity contribution >= 4 is 21.6 Å². The molecule has 3 rings (SSSR count). The van der Waals surface area contributed by atoms with E-state index in [1.165, 1.54) is 53.9 Å². The maximum Gasteiger partial charge on any atom is 0.387 e. The van der Waals surface area contributed by atoms with Crippen LogP contribution in [-0.2, 0) is 14.8 Å². The molecule has 0 atom stereocenters. The number of carbonyl (C=O) groups is 1. The molecule has 0 bridgehead atoms. The summed E-state index contributed by atoms with van der Waals surface area (Å²) < 4.78 is 66.5. The zero-order valence-electron chi connectivity index (χ0n) is 16.0. The van der Waals surface area contributed by atoms with Gasteiger partial charge in [-0.05, 0) is 30.3 Å². The molecular weight excluding hydrogens is 422 g/mol. The number of amides is 1. The number of hydrogen-bond donors (Lipinski definition) is 1. The Morgan fingerprint density at radius 3 is 2.53 bits per heavy atom. The summed E-state index contributed by atoms with van der Waals surface area (Å²) in [6, 6.07) is 9.59. The van der Waals surface area contributed by atoms with Gasteiger partial charge in [-0.15, -0.1) is 0 Å². The lowest BCUT2D eigenvalue weighted by atomic mass is 10.2. The molecule has 1 aliphatic heterocycles. The molecule has 162 valence electrons. The zero-order chi connectivity index (χ0) is 21.7. The summed E-state index contributed by atoms with van der Waals surface area (Å²) in [6.07, 6.45) is 0. The third-order valence-corrected chi connectivity index (χ3v) is 6.24. The summed E-state index contributed by atoms with van der Waals surface area (Å²) >= 11 is 0. The SMILES string of the molecule is COc1ccc(NC(=O)c2cccc(S(=O)(=O)N3CCOCC3)c2)cc1OC(F)F. The number of halogens is 2. The number of methoxy groups -OCH3 is 1. The number of ether oxygens (including phenoxy) is 3. The van der Waals surface area contributed by atoms with Crippen LogP contribution in [0.3, 0.4) is 0 Å². The van der Waals surface area contributed by atoms with Crippen LogP contribution in [0.5, 0.6) is 11.5 Å². The van der Waals surface area contributed by atoms with E-state index in [2.05, 4.69) is 10.1 Å². The fraction of sp³-hybridized carbons (Fsp3) is 0.316. The lowest BCUT2D eigenvalue weighted by Crippen LogP contribution is -2.40. The molecule has 0 spiro atoms.